The summed E-state index contributed by atoms with van der Waals surface area (Å²) in [6.45, 7) is 0. The summed E-state index contributed by atoms with van der Waals surface area (Å²) in [4.78, 5) is 0. The highest BCUT2D eigenvalue weighted by atomic mass is 19.1. The standard InChI is InChI=1S/C23H24F2N2O3/c1-30-18-4-2-14(3-5-18)20(28)22-11-23(12-22,13-22)21(29)27-19(6-7-26-27)15-8-16(24)10-17(25)9-15/h2-5,7-10,19-21,28-29H,6,11-13H2,1H3. The number of aliphatic hydroxyl groups is 2. The van der Waals surface area contributed by atoms with Gasteiger partial charge in [0.15, 0.2) is 0 Å². The molecule has 3 atom stereocenters. The summed E-state index contributed by atoms with van der Waals surface area (Å²) in [5.41, 5.74) is 0.716. The van der Waals surface area contributed by atoms with E-state index in [9.17, 15) is 19.0 Å². The molecule has 158 valence electrons. The summed E-state index contributed by atoms with van der Waals surface area (Å²) in [6.07, 6.45) is 2.74. The number of benzene rings is 2. The molecule has 6 rings (SSSR count). The van der Waals surface area contributed by atoms with Crippen LogP contribution in [-0.4, -0.2) is 34.8 Å². The number of nitrogens with zero attached hydrogens (tertiary/aromatic N) is 2. The summed E-state index contributed by atoms with van der Waals surface area (Å²) in [7, 11) is 1.60. The van der Waals surface area contributed by atoms with Crippen molar-refractivity contribution in [2.75, 3.05) is 7.11 Å². The maximum atomic E-state index is 13.7. The van der Waals surface area contributed by atoms with E-state index >= 15 is 0 Å². The van der Waals surface area contributed by atoms with Gasteiger partial charge in [0.05, 0.1) is 19.3 Å². The van der Waals surface area contributed by atoms with Crippen molar-refractivity contribution in [2.24, 2.45) is 15.9 Å². The molecule has 30 heavy (non-hydrogen) atoms. The van der Waals surface area contributed by atoms with Crippen molar-refractivity contribution in [3.63, 3.8) is 0 Å². The Kier molecular flexibility index (Phi) is 4.38. The molecule has 2 N–H and O–H groups in total. The van der Waals surface area contributed by atoms with E-state index in [2.05, 4.69) is 5.10 Å². The fourth-order valence-electron chi connectivity index (χ4n) is 5.65. The number of rotatable bonds is 6. The van der Waals surface area contributed by atoms with E-state index in [1.807, 2.05) is 24.3 Å². The van der Waals surface area contributed by atoms with Crippen LogP contribution in [0, 0.1) is 22.5 Å². The largest absolute Gasteiger partial charge is 0.497 e. The van der Waals surface area contributed by atoms with Crippen molar-refractivity contribution in [1.82, 2.24) is 5.01 Å². The third kappa shape index (κ3) is 2.83. The molecule has 3 saturated carbocycles. The van der Waals surface area contributed by atoms with Gasteiger partial charge in [0.25, 0.3) is 0 Å². The van der Waals surface area contributed by atoms with Gasteiger partial charge in [-0.05, 0) is 54.7 Å². The Balaban J connectivity index is 1.29. The highest BCUT2D eigenvalue weighted by Gasteiger charge is 2.74. The Labute approximate surface area is 173 Å². The maximum absolute atomic E-state index is 13.7. The third-order valence-corrected chi connectivity index (χ3v) is 7.05. The van der Waals surface area contributed by atoms with Crippen LogP contribution in [-0.2, 0) is 0 Å². The van der Waals surface area contributed by atoms with Gasteiger partial charge < -0.3 is 14.9 Å². The lowest BCUT2D eigenvalue weighted by Crippen LogP contribution is -2.71. The zero-order valence-electron chi connectivity index (χ0n) is 16.6. The first kappa shape index (κ1) is 19.5. The topological polar surface area (TPSA) is 65.3 Å². The number of hydrogen-bond acceptors (Lipinski definition) is 5. The summed E-state index contributed by atoms with van der Waals surface area (Å²) in [5.74, 6) is -0.543. The van der Waals surface area contributed by atoms with E-state index in [1.165, 1.54) is 12.1 Å². The monoisotopic (exact) mass is 414 g/mol. The molecule has 7 heteroatoms. The molecule has 0 amide bonds. The number of ether oxygens (including phenoxy) is 1. The molecule has 0 aromatic heterocycles. The number of aliphatic hydroxyl groups excluding tert-OH is 2. The molecule has 3 unspecified atom stereocenters. The zero-order chi connectivity index (χ0) is 21.1. The first-order chi connectivity index (χ1) is 14.4. The van der Waals surface area contributed by atoms with Crippen LogP contribution in [0.1, 0.15) is 49.0 Å². The Morgan fingerprint density at radius 1 is 1.03 bits per heavy atom. The molecule has 0 saturated heterocycles. The van der Waals surface area contributed by atoms with Crippen molar-refractivity contribution in [1.29, 1.82) is 0 Å². The van der Waals surface area contributed by atoms with Crippen LogP contribution in [0.25, 0.3) is 0 Å². The molecule has 1 heterocycles. The predicted molar refractivity (Wildman–Crippen MR) is 107 cm³/mol. The molecule has 1 aliphatic heterocycles. The van der Waals surface area contributed by atoms with Gasteiger partial charge in [0.2, 0.25) is 0 Å². The SMILES string of the molecule is COc1ccc(C(O)C23CC(C(O)N4N=CCC4c4cc(F)cc(F)c4)(C2)C3)cc1. The second-order valence-corrected chi connectivity index (χ2v) is 8.94. The van der Waals surface area contributed by atoms with Gasteiger partial charge in [-0.15, -0.1) is 0 Å². The van der Waals surface area contributed by atoms with Crippen molar-refractivity contribution in [3.8, 4) is 5.75 Å². The third-order valence-electron chi connectivity index (χ3n) is 7.05. The Hall–Kier alpha value is -2.51. The minimum Gasteiger partial charge on any atom is -0.497 e. The first-order valence-corrected chi connectivity index (χ1v) is 10.1. The van der Waals surface area contributed by atoms with E-state index in [0.717, 1.165) is 17.4 Å². The molecule has 0 radical (unpaired) electrons. The first-order valence-electron chi connectivity index (χ1n) is 10.1. The molecular formula is C23H24F2N2O3. The minimum atomic E-state index is -0.863. The maximum Gasteiger partial charge on any atom is 0.148 e. The Morgan fingerprint density at radius 2 is 1.67 bits per heavy atom. The molecule has 5 nitrogen and oxygen atoms in total. The molecule has 4 aliphatic rings. The summed E-state index contributed by atoms with van der Waals surface area (Å²) >= 11 is 0. The zero-order valence-corrected chi connectivity index (χ0v) is 16.6. The van der Waals surface area contributed by atoms with Crippen LogP contribution in [0.3, 0.4) is 0 Å². The van der Waals surface area contributed by atoms with Gasteiger partial charge in [-0.1, -0.05) is 12.1 Å². The quantitative estimate of drug-likeness (QED) is 0.752. The fourth-order valence-corrected chi connectivity index (χ4v) is 5.65. The molecule has 0 spiro atoms. The van der Waals surface area contributed by atoms with Crippen molar-refractivity contribution in [3.05, 3.63) is 65.2 Å². The molecule has 3 aliphatic carbocycles. The van der Waals surface area contributed by atoms with Gasteiger partial charge >= 0.3 is 0 Å². The molecule has 3 fully saturated rings. The minimum absolute atomic E-state index is 0.237. The second kappa shape index (κ2) is 6.75. The van der Waals surface area contributed by atoms with E-state index < -0.39 is 30.0 Å². The average molecular weight is 414 g/mol. The van der Waals surface area contributed by atoms with Gasteiger partial charge in [-0.2, -0.15) is 5.10 Å². The Morgan fingerprint density at radius 3 is 2.27 bits per heavy atom. The number of methoxy groups -OCH3 is 1. The van der Waals surface area contributed by atoms with Crippen LogP contribution >= 0.6 is 0 Å². The lowest BCUT2D eigenvalue weighted by Gasteiger charge is -2.74. The van der Waals surface area contributed by atoms with Crippen LogP contribution in [0.5, 0.6) is 5.75 Å². The molecule has 2 aromatic carbocycles. The highest BCUT2D eigenvalue weighted by molar-refractivity contribution is 5.61. The van der Waals surface area contributed by atoms with Crippen LogP contribution in [0.15, 0.2) is 47.6 Å². The summed E-state index contributed by atoms with van der Waals surface area (Å²) < 4.78 is 32.5. The summed E-state index contributed by atoms with van der Waals surface area (Å²) in [5, 5.41) is 27.9. The normalized spacial score (nSPS) is 31.1. The van der Waals surface area contributed by atoms with Gasteiger partial charge in [0, 0.05) is 29.5 Å². The fraction of sp³-hybridized carbons (Fsp3) is 0.435. The van der Waals surface area contributed by atoms with Crippen molar-refractivity contribution < 1.29 is 23.7 Å². The Bertz CT molecular complexity index is 954. The van der Waals surface area contributed by atoms with E-state index in [-0.39, 0.29) is 10.8 Å². The van der Waals surface area contributed by atoms with Gasteiger partial charge in [0.1, 0.15) is 23.6 Å². The van der Waals surface area contributed by atoms with Crippen LogP contribution in [0.2, 0.25) is 0 Å². The highest BCUT2D eigenvalue weighted by Crippen LogP contribution is 2.79. The number of hydrazone groups is 1. The van der Waals surface area contributed by atoms with E-state index in [0.29, 0.717) is 31.2 Å². The van der Waals surface area contributed by atoms with E-state index in [4.69, 9.17) is 4.74 Å². The van der Waals surface area contributed by atoms with Gasteiger partial charge in [-0.3, -0.25) is 5.01 Å². The van der Waals surface area contributed by atoms with Crippen LogP contribution in [0.4, 0.5) is 8.78 Å². The molecular weight excluding hydrogens is 390 g/mol. The van der Waals surface area contributed by atoms with Crippen molar-refractivity contribution in [2.45, 2.75) is 44.1 Å². The smallest absolute Gasteiger partial charge is 0.148 e. The second-order valence-electron chi connectivity index (χ2n) is 8.94. The predicted octanol–water partition coefficient (Wildman–Crippen LogP) is 3.93. The van der Waals surface area contributed by atoms with Gasteiger partial charge in [-0.25, -0.2) is 8.78 Å². The lowest BCUT2D eigenvalue weighted by molar-refractivity contribution is -0.322. The average Bonchev–Trinajstić information content (AvgIpc) is 3.15. The molecule has 2 bridgehead atoms. The van der Waals surface area contributed by atoms with Crippen LogP contribution < -0.4 is 4.74 Å². The lowest BCUT2D eigenvalue weighted by atomic mass is 9.32. The number of hydrogen-bond donors (Lipinski definition) is 2. The molecule has 2 aromatic rings. The number of halogens is 2. The summed E-state index contributed by atoms with van der Waals surface area (Å²) in [6, 6.07) is 10.4. The van der Waals surface area contributed by atoms with Crippen molar-refractivity contribution >= 4 is 6.21 Å². The van der Waals surface area contributed by atoms with E-state index in [1.54, 1.807) is 18.3 Å².